The van der Waals surface area contributed by atoms with Crippen LogP contribution >= 0.6 is 0 Å². The monoisotopic (exact) mass is 256 g/mol. The second-order valence-corrected chi connectivity index (χ2v) is 4.08. The van der Waals surface area contributed by atoms with Crippen molar-refractivity contribution in [1.29, 1.82) is 5.41 Å². The maximum atomic E-state index is 11.9. The third kappa shape index (κ3) is 2.91. The van der Waals surface area contributed by atoms with E-state index >= 15 is 0 Å². The second-order valence-electron chi connectivity index (χ2n) is 4.08. The number of carbonyl (C=O) groups is 1. The second kappa shape index (κ2) is 6.00. The summed E-state index contributed by atoms with van der Waals surface area (Å²) >= 11 is 0. The van der Waals surface area contributed by atoms with Crippen molar-refractivity contribution in [1.82, 2.24) is 4.57 Å². The van der Waals surface area contributed by atoms with Crippen LogP contribution in [-0.2, 0) is 11.3 Å². The van der Waals surface area contributed by atoms with Gasteiger partial charge < -0.3 is 14.7 Å². The van der Waals surface area contributed by atoms with E-state index in [-0.39, 0.29) is 5.97 Å². The molecule has 0 saturated heterocycles. The Morgan fingerprint density at radius 1 is 1.26 bits per heavy atom. The summed E-state index contributed by atoms with van der Waals surface area (Å²) in [5.41, 5.74) is 2.24. The van der Waals surface area contributed by atoms with Crippen LogP contribution in [0, 0.1) is 5.41 Å². The van der Waals surface area contributed by atoms with Crippen LogP contribution in [0.25, 0.3) is 0 Å². The van der Waals surface area contributed by atoms with E-state index in [2.05, 4.69) is 0 Å². The number of nitrogens with zero attached hydrogens (tertiary/aromatic N) is 1. The van der Waals surface area contributed by atoms with Gasteiger partial charge in [0, 0.05) is 12.8 Å². The molecule has 0 atom stereocenters. The zero-order valence-electron chi connectivity index (χ0n) is 10.8. The lowest BCUT2D eigenvalue weighted by Crippen LogP contribution is -2.14. The predicted molar refractivity (Wildman–Crippen MR) is 73.8 cm³/mol. The zero-order valence-corrected chi connectivity index (χ0v) is 10.8. The summed E-state index contributed by atoms with van der Waals surface area (Å²) in [4.78, 5) is 11.9. The Morgan fingerprint density at radius 2 is 2.00 bits per heavy atom. The van der Waals surface area contributed by atoms with Gasteiger partial charge in [0.15, 0.2) is 0 Å². The highest BCUT2D eigenvalue weighted by molar-refractivity contribution is 5.90. The number of ether oxygens (including phenoxy) is 1. The van der Waals surface area contributed by atoms with Crippen molar-refractivity contribution < 1.29 is 9.53 Å². The van der Waals surface area contributed by atoms with E-state index in [1.54, 1.807) is 23.6 Å². The fraction of sp³-hybridized carbons (Fsp3) is 0.200. The highest BCUT2D eigenvalue weighted by Gasteiger charge is 2.15. The molecule has 0 radical (unpaired) electrons. The number of hydrogen-bond acceptors (Lipinski definition) is 3. The largest absolute Gasteiger partial charge is 0.461 e. The summed E-state index contributed by atoms with van der Waals surface area (Å²) in [6, 6.07) is 13.3. The quantitative estimate of drug-likeness (QED) is 0.660. The Bertz CT molecular complexity index is 573. The molecule has 0 spiro atoms. The zero-order chi connectivity index (χ0) is 13.7. The molecule has 1 aromatic carbocycles. The highest BCUT2D eigenvalue weighted by Crippen LogP contribution is 2.13. The Labute approximate surface area is 112 Å². The SMILES string of the molecule is CCOC(=O)c1ccc(C=N)n1Cc1ccccc1. The molecule has 0 fully saturated rings. The van der Waals surface area contributed by atoms with Crippen LogP contribution in [0.15, 0.2) is 42.5 Å². The molecule has 4 nitrogen and oxygen atoms in total. The fourth-order valence-electron chi connectivity index (χ4n) is 1.94. The topological polar surface area (TPSA) is 55.1 Å². The van der Waals surface area contributed by atoms with Crippen LogP contribution in [0.5, 0.6) is 0 Å². The van der Waals surface area contributed by atoms with Crippen LogP contribution in [0.1, 0.15) is 28.7 Å². The molecule has 4 heteroatoms. The summed E-state index contributed by atoms with van der Waals surface area (Å²) in [6.45, 7) is 2.67. The molecular weight excluding hydrogens is 240 g/mol. The Balaban J connectivity index is 2.34. The van der Waals surface area contributed by atoms with Crippen molar-refractivity contribution in [3.63, 3.8) is 0 Å². The van der Waals surface area contributed by atoms with E-state index in [1.807, 2.05) is 30.3 Å². The molecule has 2 aromatic rings. The lowest BCUT2D eigenvalue weighted by Gasteiger charge is -2.11. The van der Waals surface area contributed by atoms with E-state index < -0.39 is 0 Å². The molecule has 0 amide bonds. The number of esters is 1. The van der Waals surface area contributed by atoms with Gasteiger partial charge in [-0.2, -0.15) is 0 Å². The van der Waals surface area contributed by atoms with Gasteiger partial charge in [-0.15, -0.1) is 0 Å². The third-order valence-corrected chi connectivity index (χ3v) is 2.83. The standard InChI is InChI=1S/C15H16N2O2/c1-2-19-15(18)14-9-8-13(10-16)17(14)11-12-6-4-3-5-7-12/h3-10,16H,2,11H2,1H3. The number of hydrogen-bond donors (Lipinski definition) is 1. The maximum Gasteiger partial charge on any atom is 0.354 e. The fourth-order valence-corrected chi connectivity index (χ4v) is 1.94. The van der Waals surface area contributed by atoms with Crippen molar-refractivity contribution in [3.8, 4) is 0 Å². The first-order chi connectivity index (χ1) is 9.26. The van der Waals surface area contributed by atoms with Crippen molar-refractivity contribution in [2.45, 2.75) is 13.5 Å². The van der Waals surface area contributed by atoms with Gasteiger partial charge in [0.1, 0.15) is 5.69 Å². The van der Waals surface area contributed by atoms with E-state index in [4.69, 9.17) is 10.1 Å². The summed E-state index contributed by atoms with van der Waals surface area (Å²) in [6.07, 6.45) is 1.24. The van der Waals surface area contributed by atoms with Gasteiger partial charge in [-0.3, -0.25) is 0 Å². The van der Waals surface area contributed by atoms with Gasteiger partial charge in [-0.05, 0) is 24.6 Å². The number of benzene rings is 1. The summed E-state index contributed by atoms with van der Waals surface area (Å²) in [5, 5.41) is 7.41. The van der Waals surface area contributed by atoms with Crippen molar-refractivity contribution >= 4 is 12.2 Å². The first-order valence-electron chi connectivity index (χ1n) is 6.17. The van der Waals surface area contributed by atoms with Crippen LogP contribution < -0.4 is 0 Å². The molecule has 1 heterocycles. The molecule has 1 aromatic heterocycles. The van der Waals surface area contributed by atoms with Gasteiger partial charge in [-0.1, -0.05) is 30.3 Å². The van der Waals surface area contributed by atoms with Crippen LogP contribution in [0.4, 0.5) is 0 Å². The van der Waals surface area contributed by atoms with Crippen LogP contribution in [0.2, 0.25) is 0 Å². The first kappa shape index (κ1) is 13.1. The van der Waals surface area contributed by atoms with Gasteiger partial charge >= 0.3 is 5.97 Å². The highest BCUT2D eigenvalue weighted by atomic mass is 16.5. The van der Waals surface area contributed by atoms with Crippen molar-refractivity contribution in [2.75, 3.05) is 6.61 Å². The van der Waals surface area contributed by atoms with Gasteiger partial charge in [0.2, 0.25) is 0 Å². The molecule has 0 unspecified atom stereocenters. The van der Waals surface area contributed by atoms with Crippen molar-refractivity contribution in [3.05, 3.63) is 59.4 Å². The summed E-state index contributed by atoms with van der Waals surface area (Å²) < 4.78 is 6.82. The van der Waals surface area contributed by atoms with E-state index in [9.17, 15) is 4.79 Å². The van der Waals surface area contributed by atoms with Crippen LogP contribution in [0.3, 0.4) is 0 Å². The Kier molecular flexibility index (Phi) is 4.13. The lowest BCUT2D eigenvalue weighted by atomic mass is 10.2. The summed E-state index contributed by atoms with van der Waals surface area (Å²) in [7, 11) is 0. The minimum atomic E-state index is -0.355. The van der Waals surface area contributed by atoms with Gasteiger partial charge in [0.05, 0.1) is 12.3 Å². The molecule has 0 aliphatic rings. The smallest absolute Gasteiger partial charge is 0.354 e. The van der Waals surface area contributed by atoms with Crippen LogP contribution in [-0.4, -0.2) is 23.4 Å². The van der Waals surface area contributed by atoms with Gasteiger partial charge in [0.25, 0.3) is 0 Å². The summed E-state index contributed by atoms with van der Waals surface area (Å²) in [5.74, 6) is -0.355. The molecule has 0 aliphatic carbocycles. The minimum absolute atomic E-state index is 0.343. The number of rotatable bonds is 5. The number of nitrogens with one attached hydrogen (secondary N) is 1. The number of carbonyl (C=O) groups excluding carboxylic acids is 1. The minimum Gasteiger partial charge on any atom is -0.461 e. The molecule has 0 bridgehead atoms. The van der Waals surface area contributed by atoms with Crippen molar-refractivity contribution in [2.24, 2.45) is 0 Å². The third-order valence-electron chi connectivity index (χ3n) is 2.83. The van der Waals surface area contributed by atoms with Gasteiger partial charge in [-0.25, -0.2) is 4.79 Å². The van der Waals surface area contributed by atoms with E-state index in [0.29, 0.717) is 24.5 Å². The average molecular weight is 256 g/mol. The molecule has 0 aliphatic heterocycles. The predicted octanol–water partition coefficient (Wildman–Crippen LogP) is 2.71. The molecule has 19 heavy (non-hydrogen) atoms. The molecule has 2 rings (SSSR count). The average Bonchev–Trinajstić information content (AvgIpc) is 2.83. The molecule has 1 N–H and O–H groups in total. The maximum absolute atomic E-state index is 11.9. The lowest BCUT2D eigenvalue weighted by molar-refractivity contribution is 0.0514. The van der Waals surface area contributed by atoms with E-state index in [0.717, 1.165) is 5.56 Å². The normalized spacial score (nSPS) is 10.2. The number of aromatic nitrogens is 1. The Hall–Kier alpha value is -2.36. The first-order valence-corrected chi connectivity index (χ1v) is 6.17. The Morgan fingerprint density at radius 3 is 2.63 bits per heavy atom. The van der Waals surface area contributed by atoms with E-state index in [1.165, 1.54) is 6.21 Å². The molecule has 98 valence electrons. The molecular formula is C15H16N2O2. The molecule has 0 saturated carbocycles.